The van der Waals surface area contributed by atoms with Crippen LogP contribution in [0.3, 0.4) is 0 Å². The normalized spacial score (nSPS) is 14.8. The summed E-state index contributed by atoms with van der Waals surface area (Å²) >= 11 is 0. The number of aliphatic hydroxyl groups is 1. The summed E-state index contributed by atoms with van der Waals surface area (Å²) in [6.45, 7) is 1.40. The van der Waals surface area contributed by atoms with Gasteiger partial charge in [-0.25, -0.2) is 9.36 Å². The molecule has 0 aliphatic carbocycles. The smallest absolute Gasteiger partial charge is 0.472 e. The maximum atomic E-state index is 12.0. The van der Waals surface area contributed by atoms with Crippen molar-refractivity contribution in [1.29, 1.82) is 0 Å². The minimum atomic E-state index is -4.69. The van der Waals surface area contributed by atoms with E-state index in [2.05, 4.69) is 26.0 Å². The van der Waals surface area contributed by atoms with Crippen LogP contribution in [0.25, 0.3) is 0 Å². The zero-order chi connectivity index (χ0) is 25.1. The van der Waals surface area contributed by atoms with Crippen molar-refractivity contribution in [2.24, 2.45) is 0 Å². The molecule has 0 fully saturated rings. The van der Waals surface area contributed by atoms with E-state index in [1.54, 1.807) is 0 Å². The standard InChI is InChI=1S/C21H40NO10P/c1-3-4-5-6-7-8-9-10-11-12-13-20(25)22-19(21(26)27)16-32-33(28,29)31-15-18(24)14-30-17(2)23/h18-19,24H,3-16H2,1-2H3,(H,22,25)(H,26,27)(H,28,29). The van der Waals surface area contributed by atoms with Gasteiger partial charge in [0.2, 0.25) is 5.91 Å². The lowest BCUT2D eigenvalue weighted by atomic mass is 10.1. The molecule has 0 aromatic carbocycles. The average Bonchev–Trinajstić information content (AvgIpc) is 2.74. The molecule has 11 nitrogen and oxygen atoms in total. The van der Waals surface area contributed by atoms with Crippen molar-refractivity contribution in [2.75, 3.05) is 19.8 Å². The number of carboxylic acid groups (broad SMARTS) is 1. The van der Waals surface area contributed by atoms with Crippen molar-refractivity contribution in [1.82, 2.24) is 5.32 Å². The molecular formula is C21H40NO10P. The van der Waals surface area contributed by atoms with Gasteiger partial charge in [0.25, 0.3) is 0 Å². The van der Waals surface area contributed by atoms with Crippen LogP contribution < -0.4 is 5.32 Å². The Morgan fingerprint density at radius 1 is 0.879 bits per heavy atom. The highest BCUT2D eigenvalue weighted by Gasteiger charge is 2.28. The lowest BCUT2D eigenvalue weighted by Gasteiger charge is -2.18. The van der Waals surface area contributed by atoms with Crippen LogP contribution in [-0.2, 0) is 32.7 Å². The van der Waals surface area contributed by atoms with Crippen LogP contribution in [0, 0.1) is 0 Å². The summed E-state index contributed by atoms with van der Waals surface area (Å²) in [5.74, 6) is -2.56. The third-order valence-corrected chi connectivity index (χ3v) is 5.65. The number of phosphoric ester groups is 1. The van der Waals surface area contributed by atoms with E-state index < -0.39 is 57.6 Å². The molecule has 194 valence electrons. The topological polar surface area (TPSA) is 169 Å². The van der Waals surface area contributed by atoms with Gasteiger partial charge in [0.1, 0.15) is 12.7 Å². The van der Waals surface area contributed by atoms with Crippen molar-refractivity contribution < 1.29 is 47.8 Å². The number of unbranched alkanes of at least 4 members (excludes halogenated alkanes) is 9. The minimum Gasteiger partial charge on any atom is -0.480 e. The fraction of sp³-hybridized carbons (Fsp3) is 0.857. The Bertz CT molecular complexity index is 616. The number of hydrogen-bond acceptors (Lipinski definition) is 8. The summed E-state index contributed by atoms with van der Waals surface area (Å²) in [7, 11) is -4.69. The van der Waals surface area contributed by atoms with Gasteiger partial charge in [-0.3, -0.25) is 18.6 Å². The first-order valence-electron chi connectivity index (χ1n) is 11.5. The number of hydrogen-bond donors (Lipinski definition) is 4. The number of carboxylic acids is 1. The molecule has 0 radical (unpaired) electrons. The Kier molecular flexibility index (Phi) is 18.0. The van der Waals surface area contributed by atoms with Gasteiger partial charge in [-0.2, -0.15) is 0 Å². The van der Waals surface area contributed by atoms with E-state index in [0.29, 0.717) is 6.42 Å². The SMILES string of the molecule is CCCCCCCCCCCCC(=O)NC(COP(=O)(O)OCC(O)COC(C)=O)C(=O)O. The van der Waals surface area contributed by atoms with E-state index in [0.717, 1.165) is 26.2 Å². The van der Waals surface area contributed by atoms with Crippen LogP contribution in [0.2, 0.25) is 0 Å². The summed E-state index contributed by atoms with van der Waals surface area (Å²) in [5.41, 5.74) is 0. The van der Waals surface area contributed by atoms with Crippen LogP contribution >= 0.6 is 7.82 Å². The molecule has 0 aromatic heterocycles. The van der Waals surface area contributed by atoms with Gasteiger partial charge >= 0.3 is 19.8 Å². The molecule has 0 aliphatic heterocycles. The van der Waals surface area contributed by atoms with Crippen molar-refractivity contribution in [3.05, 3.63) is 0 Å². The van der Waals surface area contributed by atoms with Crippen LogP contribution in [-0.4, -0.2) is 64.9 Å². The van der Waals surface area contributed by atoms with Crippen LogP contribution in [0.5, 0.6) is 0 Å². The number of nitrogens with one attached hydrogen (secondary N) is 1. The second-order valence-electron chi connectivity index (χ2n) is 7.91. The van der Waals surface area contributed by atoms with E-state index in [1.165, 1.54) is 38.5 Å². The predicted molar refractivity (Wildman–Crippen MR) is 120 cm³/mol. The predicted octanol–water partition coefficient (Wildman–Crippen LogP) is 2.92. The fourth-order valence-electron chi connectivity index (χ4n) is 2.86. The molecule has 0 heterocycles. The molecule has 33 heavy (non-hydrogen) atoms. The second kappa shape index (κ2) is 18.9. The summed E-state index contributed by atoms with van der Waals surface area (Å²) in [4.78, 5) is 43.6. The lowest BCUT2D eigenvalue weighted by molar-refractivity contribution is -0.144. The third-order valence-electron chi connectivity index (χ3n) is 4.70. The number of carbonyl (C=O) groups excluding carboxylic acids is 2. The first-order chi connectivity index (χ1) is 15.6. The van der Waals surface area contributed by atoms with Crippen LogP contribution in [0.15, 0.2) is 0 Å². The number of phosphoric acid groups is 1. The summed E-state index contributed by atoms with van der Waals surface area (Å²) in [6, 6.07) is -1.53. The van der Waals surface area contributed by atoms with Crippen molar-refractivity contribution >= 4 is 25.7 Å². The fourth-order valence-corrected chi connectivity index (χ4v) is 3.63. The number of amides is 1. The van der Waals surface area contributed by atoms with Crippen molar-refractivity contribution in [3.8, 4) is 0 Å². The Hall–Kier alpha value is -1.52. The summed E-state index contributed by atoms with van der Waals surface area (Å²) < 4.78 is 25.5. The number of carbonyl (C=O) groups is 3. The van der Waals surface area contributed by atoms with E-state index in [4.69, 9.17) is 0 Å². The number of aliphatic carboxylic acids is 1. The van der Waals surface area contributed by atoms with Gasteiger partial charge in [0.15, 0.2) is 6.04 Å². The molecule has 0 aliphatic rings. The average molecular weight is 498 g/mol. The van der Waals surface area contributed by atoms with E-state index >= 15 is 0 Å². The number of rotatable bonds is 21. The van der Waals surface area contributed by atoms with Gasteiger partial charge in [-0.1, -0.05) is 64.7 Å². The lowest BCUT2D eigenvalue weighted by Crippen LogP contribution is -2.43. The highest BCUT2D eigenvalue weighted by atomic mass is 31.2. The number of esters is 1. The van der Waals surface area contributed by atoms with E-state index in [-0.39, 0.29) is 6.42 Å². The van der Waals surface area contributed by atoms with Gasteiger partial charge in [-0.05, 0) is 6.42 Å². The molecule has 0 rings (SSSR count). The van der Waals surface area contributed by atoms with Gasteiger partial charge in [-0.15, -0.1) is 0 Å². The zero-order valence-electron chi connectivity index (χ0n) is 19.7. The Morgan fingerprint density at radius 3 is 1.91 bits per heavy atom. The molecule has 12 heteroatoms. The molecular weight excluding hydrogens is 457 g/mol. The summed E-state index contributed by atoms with van der Waals surface area (Å²) in [5, 5.41) is 21.0. The maximum absolute atomic E-state index is 12.0. The van der Waals surface area contributed by atoms with Gasteiger partial charge in [0, 0.05) is 13.3 Å². The van der Waals surface area contributed by atoms with Gasteiger partial charge in [0.05, 0.1) is 13.2 Å². The molecule has 3 atom stereocenters. The Balaban J connectivity index is 4.09. The molecule has 0 saturated carbocycles. The molecule has 4 N–H and O–H groups in total. The molecule has 3 unspecified atom stereocenters. The largest absolute Gasteiger partial charge is 0.480 e. The number of aliphatic hydroxyl groups excluding tert-OH is 1. The van der Waals surface area contributed by atoms with Crippen LogP contribution in [0.1, 0.15) is 84.5 Å². The quantitative estimate of drug-likeness (QED) is 0.105. The highest BCUT2D eigenvalue weighted by molar-refractivity contribution is 7.47. The maximum Gasteiger partial charge on any atom is 0.472 e. The number of ether oxygens (including phenoxy) is 1. The first kappa shape index (κ1) is 31.5. The van der Waals surface area contributed by atoms with Crippen molar-refractivity contribution in [2.45, 2.75) is 96.6 Å². The molecule has 0 saturated heterocycles. The monoisotopic (exact) mass is 497 g/mol. The zero-order valence-corrected chi connectivity index (χ0v) is 20.6. The summed E-state index contributed by atoms with van der Waals surface area (Å²) in [6.07, 6.45) is 9.85. The molecule has 0 aromatic rings. The third kappa shape index (κ3) is 19.6. The highest BCUT2D eigenvalue weighted by Crippen LogP contribution is 2.43. The second-order valence-corrected chi connectivity index (χ2v) is 9.36. The van der Waals surface area contributed by atoms with Crippen LogP contribution in [0.4, 0.5) is 0 Å². The van der Waals surface area contributed by atoms with E-state index in [9.17, 15) is 34.1 Å². The molecule has 0 bridgehead atoms. The Morgan fingerprint density at radius 2 is 1.39 bits per heavy atom. The van der Waals surface area contributed by atoms with Crippen molar-refractivity contribution in [3.63, 3.8) is 0 Å². The Labute approximate surface area is 195 Å². The molecule has 0 spiro atoms. The van der Waals surface area contributed by atoms with Gasteiger partial charge < -0.3 is 25.2 Å². The first-order valence-corrected chi connectivity index (χ1v) is 13.0. The van der Waals surface area contributed by atoms with E-state index in [1.807, 2.05) is 0 Å². The molecule has 1 amide bonds. The minimum absolute atomic E-state index is 0.149.